The van der Waals surface area contributed by atoms with Crippen LogP contribution in [0.2, 0.25) is 0 Å². The smallest absolute Gasteiger partial charge is 0.329 e. The zero-order valence-corrected chi connectivity index (χ0v) is 39.4. The van der Waals surface area contributed by atoms with E-state index in [-0.39, 0.29) is 43.1 Å². The number of ether oxygens (including phenoxy) is 2. The highest BCUT2D eigenvalue weighted by Crippen LogP contribution is 2.34. The van der Waals surface area contributed by atoms with E-state index in [1.807, 2.05) is 53.5 Å². The van der Waals surface area contributed by atoms with Crippen LogP contribution in [0.3, 0.4) is 0 Å². The second kappa shape index (κ2) is 20.1. The summed E-state index contributed by atoms with van der Waals surface area (Å²) in [6.45, 7) is 4.21. The first-order valence-electron chi connectivity index (χ1n) is 23.9. The van der Waals surface area contributed by atoms with Crippen molar-refractivity contribution in [3.05, 3.63) is 130 Å². The molecule has 3 aliphatic rings. The van der Waals surface area contributed by atoms with E-state index in [0.29, 0.717) is 29.3 Å². The number of aromatic nitrogens is 6. The number of imidazole rings is 1. The predicted molar refractivity (Wildman–Crippen MR) is 259 cm³/mol. The molecule has 0 bridgehead atoms. The van der Waals surface area contributed by atoms with Crippen molar-refractivity contribution in [1.82, 2.24) is 44.4 Å². The number of nitrogens with zero attached hydrogens (tertiary/aromatic N) is 8. The predicted octanol–water partition coefficient (Wildman–Crippen LogP) is 6.66. The number of anilines is 1. The normalized spacial score (nSPS) is 18.8. The van der Waals surface area contributed by atoms with Crippen molar-refractivity contribution in [3.8, 4) is 22.8 Å². The lowest BCUT2D eigenvalue weighted by molar-refractivity contribution is -0.135. The number of carbonyl (C=O) groups excluding carboxylic acids is 3. The van der Waals surface area contributed by atoms with Gasteiger partial charge in [-0.3, -0.25) is 43.4 Å². The molecule has 1 unspecified atom stereocenters. The Kier molecular flexibility index (Phi) is 13.3. The number of benzene rings is 4. The van der Waals surface area contributed by atoms with E-state index in [4.69, 9.17) is 24.5 Å². The number of methoxy groups -OCH3 is 1. The van der Waals surface area contributed by atoms with Crippen molar-refractivity contribution in [3.63, 3.8) is 0 Å². The molecule has 1 aliphatic carbocycles. The molecule has 3 amide bonds. The van der Waals surface area contributed by atoms with Gasteiger partial charge in [-0.1, -0.05) is 30.3 Å². The monoisotopic (exact) mass is 970 g/mol. The molecule has 0 spiro atoms. The summed E-state index contributed by atoms with van der Waals surface area (Å²) in [6, 6.07) is 18.8. The molecule has 10 rings (SSSR count). The minimum absolute atomic E-state index is 0.102. The van der Waals surface area contributed by atoms with Crippen LogP contribution in [-0.2, 0) is 29.7 Å². The topological polar surface area (TPSA) is 171 Å². The highest BCUT2D eigenvalue weighted by atomic mass is 19.2. The number of nitrogens with one attached hydrogen (secondary N) is 2. The molecule has 5 heterocycles. The molecule has 3 fully saturated rings. The standard InChI is InChI=1S/C52H53F3N10O6/c1-61-44-23-31(7-14-42(44)65(52(61)69)43-15-16-46(66)59-51(43)68)17-18-62-19-21-63(22-20-62)45-28-56-41(27-57-45)34-8-9-35-29-64(60-40(35)24-34)36-10-3-32(4-11-36)26-58-50(67)38-25-39(53)49(48(55)47(38)54)71-30-33-5-12-37(70-2)13-6-33/h5-9,12-14,23-25,27-29,32,36,43H,3-4,10-11,15-22,26,30H2,1-2H3,(H,58,67)(H,59,66,68). The molecule has 16 nitrogen and oxygen atoms in total. The Balaban J connectivity index is 0.683. The number of fused-ring (bicyclic) bond motifs is 2. The fourth-order valence-corrected chi connectivity index (χ4v) is 10.00. The maximum absolute atomic E-state index is 15.0. The Labute approximate surface area is 406 Å². The molecule has 1 atom stereocenters. The first-order chi connectivity index (χ1) is 34.4. The van der Waals surface area contributed by atoms with Gasteiger partial charge in [-0.05, 0) is 92.0 Å². The van der Waals surface area contributed by atoms with Crippen LogP contribution >= 0.6 is 0 Å². The van der Waals surface area contributed by atoms with Gasteiger partial charge < -0.3 is 19.7 Å². The number of imide groups is 1. The highest BCUT2D eigenvalue weighted by molar-refractivity contribution is 6.00. The van der Waals surface area contributed by atoms with Crippen LogP contribution in [0.25, 0.3) is 33.2 Å². The van der Waals surface area contributed by atoms with Crippen LogP contribution in [0, 0.1) is 23.4 Å². The van der Waals surface area contributed by atoms with Crippen molar-refractivity contribution in [2.75, 3.05) is 51.3 Å². The van der Waals surface area contributed by atoms with Gasteiger partial charge in [-0.15, -0.1) is 0 Å². The van der Waals surface area contributed by atoms with E-state index in [2.05, 4.69) is 20.4 Å². The number of hydrogen-bond donors (Lipinski definition) is 2. The van der Waals surface area contributed by atoms with Gasteiger partial charge in [0.2, 0.25) is 17.6 Å². The number of piperazine rings is 1. The largest absolute Gasteiger partial charge is 0.497 e. The summed E-state index contributed by atoms with van der Waals surface area (Å²) in [4.78, 5) is 64.6. The zero-order chi connectivity index (χ0) is 49.3. The molecule has 2 saturated heterocycles. The molecule has 71 heavy (non-hydrogen) atoms. The van der Waals surface area contributed by atoms with Gasteiger partial charge in [0.25, 0.3) is 5.91 Å². The quantitative estimate of drug-likeness (QED) is 0.0884. The first kappa shape index (κ1) is 47.2. The molecule has 1 saturated carbocycles. The number of rotatable bonds is 14. The molecule has 2 aliphatic heterocycles. The molecule has 19 heteroatoms. The van der Waals surface area contributed by atoms with Crippen LogP contribution < -0.4 is 30.7 Å². The number of aryl methyl sites for hydroxylation is 1. The van der Waals surface area contributed by atoms with Gasteiger partial charge in [-0.2, -0.15) is 9.49 Å². The van der Waals surface area contributed by atoms with E-state index < -0.39 is 46.6 Å². The summed E-state index contributed by atoms with van der Waals surface area (Å²) in [6.07, 6.45) is 10.1. The number of carbonyl (C=O) groups is 3. The third kappa shape index (κ3) is 9.82. The van der Waals surface area contributed by atoms with Crippen molar-refractivity contribution in [2.24, 2.45) is 13.0 Å². The lowest BCUT2D eigenvalue weighted by atomic mass is 9.86. The van der Waals surface area contributed by atoms with E-state index in [1.165, 1.54) is 11.7 Å². The van der Waals surface area contributed by atoms with Crippen LogP contribution in [0.15, 0.2) is 90.1 Å². The molecular formula is C52H53F3N10O6. The Morgan fingerprint density at radius 3 is 2.35 bits per heavy atom. The summed E-state index contributed by atoms with van der Waals surface area (Å²) in [5.74, 6) is -5.22. The lowest BCUT2D eigenvalue weighted by Gasteiger charge is -2.35. The second-order valence-electron chi connectivity index (χ2n) is 18.6. The number of halogens is 3. The third-order valence-electron chi connectivity index (χ3n) is 14.2. The maximum atomic E-state index is 15.0. The van der Waals surface area contributed by atoms with Gasteiger partial charge in [0.1, 0.15) is 24.2 Å². The van der Waals surface area contributed by atoms with Crippen molar-refractivity contribution in [2.45, 2.75) is 63.6 Å². The third-order valence-corrected chi connectivity index (χ3v) is 14.2. The fraction of sp³-hybridized carbons (Fsp3) is 0.365. The lowest BCUT2D eigenvalue weighted by Crippen LogP contribution is -2.47. The summed E-state index contributed by atoms with van der Waals surface area (Å²) in [7, 11) is 3.22. The maximum Gasteiger partial charge on any atom is 0.329 e. The number of hydrogen-bond acceptors (Lipinski definition) is 11. The SMILES string of the molecule is COc1ccc(COc2c(F)cc(C(=O)NCC3CCC(n4cc5ccc(-c6cnc(N7CCN(CCc8ccc9c(c8)n(C)c(=O)n9C8CCC(=O)NC8=O)CC7)cn6)cc5n4)CC3)c(F)c2F)cc1. The van der Waals surface area contributed by atoms with E-state index in [0.717, 1.165) is 104 Å². The minimum atomic E-state index is -1.56. The molecule has 2 N–H and O–H groups in total. The van der Waals surface area contributed by atoms with E-state index in [9.17, 15) is 28.0 Å². The van der Waals surface area contributed by atoms with Crippen molar-refractivity contribution in [1.29, 1.82) is 0 Å². The Bertz CT molecular complexity index is 3190. The Morgan fingerprint density at radius 1 is 0.845 bits per heavy atom. The van der Waals surface area contributed by atoms with Gasteiger partial charge in [-0.25, -0.2) is 18.6 Å². The second-order valence-corrected chi connectivity index (χ2v) is 18.6. The fourth-order valence-electron chi connectivity index (χ4n) is 10.00. The van der Waals surface area contributed by atoms with E-state index >= 15 is 4.39 Å². The van der Waals surface area contributed by atoms with E-state index in [1.54, 1.807) is 42.1 Å². The molecule has 4 aromatic carbocycles. The molecule has 3 aromatic heterocycles. The van der Waals surface area contributed by atoms with Crippen LogP contribution in [0.4, 0.5) is 19.0 Å². The molecule has 7 aromatic rings. The van der Waals surface area contributed by atoms with Crippen LogP contribution in [0.5, 0.6) is 11.5 Å². The Hall–Kier alpha value is -7.54. The van der Waals surface area contributed by atoms with Gasteiger partial charge in [0.15, 0.2) is 17.4 Å². The summed E-state index contributed by atoms with van der Waals surface area (Å²) < 4.78 is 60.3. The van der Waals surface area contributed by atoms with Crippen LogP contribution in [-0.4, -0.2) is 97.9 Å². The highest BCUT2D eigenvalue weighted by Gasteiger charge is 2.32. The average Bonchev–Trinajstić information content (AvgIpc) is 3.93. The molecular weight excluding hydrogens is 918 g/mol. The first-order valence-corrected chi connectivity index (χ1v) is 23.9. The summed E-state index contributed by atoms with van der Waals surface area (Å²) >= 11 is 0. The minimum Gasteiger partial charge on any atom is -0.497 e. The molecule has 0 radical (unpaired) electrons. The van der Waals surface area contributed by atoms with Crippen molar-refractivity contribution >= 4 is 45.5 Å². The number of amides is 3. The van der Waals surface area contributed by atoms with Crippen molar-refractivity contribution < 1.29 is 37.0 Å². The zero-order valence-electron chi connectivity index (χ0n) is 39.4. The summed E-state index contributed by atoms with van der Waals surface area (Å²) in [5.41, 5.74) is 4.63. The molecule has 368 valence electrons. The van der Waals surface area contributed by atoms with Crippen LogP contribution in [0.1, 0.15) is 72.1 Å². The average molecular weight is 971 g/mol. The Morgan fingerprint density at radius 2 is 1.62 bits per heavy atom. The van der Waals surface area contributed by atoms with Gasteiger partial charge in [0.05, 0.1) is 53.4 Å². The number of piperidine rings is 1. The summed E-state index contributed by atoms with van der Waals surface area (Å²) in [5, 5.41) is 11.0. The van der Waals surface area contributed by atoms with Gasteiger partial charge >= 0.3 is 5.69 Å². The van der Waals surface area contributed by atoms with Gasteiger partial charge in [0, 0.05) is 69.9 Å².